The van der Waals surface area contributed by atoms with Crippen molar-refractivity contribution in [2.75, 3.05) is 0 Å². The Hall–Kier alpha value is -2.77. The molecule has 120 valence electrons. The second-order valence-corrected chi connectivity index (χ2v) is 6.36. The van der Waals surface area contributed by atoms with Crippen molar-refractivity contribution in [2.24, 2.45) is 5.10 Å². The molecule has 0 saturated heterocycles. The van der Waals surface area contributed by atoms with Crippen LogP contribution >= 0.6 is 22.9 Å². The van der Waals surface area contributed by atoms with E-state index >= 15 is 0 Å². The van der Waals surface area contributed by atoms with Crippen molar-refractivity contribution in [3.63, 3.8) is 0 Å². The molecule has 6 nitrogen and oxygen atoms in total. The molecule has 0 saturated carbocycles. The maximum atomic E-state index is 12.1. The van der Waals surface area contributed by atoms with Crippen LogP contribution in [-0.2, 0) is 0 Å². The highest BCUT2D eigenvalue weighted by atomic mass is 35.5. The summed E-state index contributed by atoms with van der Waals surface area (Å²) in [6.45, 7) is 0. The average Bonchev–Trinajstić information content (AvgIpc) is 2.98. The van der Waals surface area contributed by atoms with Crippen molar-refractivity contribution in [2.45, 2.75) is 0 Å². The molecule has 0 bridgehead atoms. The number of nitro groups is 1. The summed E-state index contributed by atoms with van der Waals surface area (Å²) in [4.78, 5) is 22.9. The summed E-state index contributed by atoms with van der Waals surface area (Å²) in [7, 11) is 0. The molecule has 0 fully saturated rings. The van der Waals surface area contributed by atoms with Crippen molar-refractivity contribution in [1.82, 2.24) is 5.43 Å². The fourth-order valence-electron chi connectivity index (χ4n) is 2.06. The minimum absolute atomic E-state index is 0.00812. The first-order valence-corrected chi connectivity index (χ1v) is 7.99. The van der Waals surface area contributed by atoms with E-state index in [1.807, 2.05) is 0 Å². The fourth-order valence-corrected chi connectivity index (χ4v) is 3.20. The number of non-ortho nitro benzene ring substituents is 1. The number of hydrogen-bond donors (Lipinski definition) is 1. The first-order chi connectivity index (χ1) is 11.5. The van der Waals surface area contributed by atoms with E-state index in [0.29, 0.717) is 15.3 Å². The summed E-state index contributed by atoms with van der Waals surface area (Å²) >= 11 is 7.11. The molecule has 0 atom stereocenters. The summed E-state index contributed by atoms with van der Waals surface area (Å²) in [6.07, 6.45) is 1.49. The lowest BCUT2D eigenvalue weighted by molar-refractivity contribution is -0.384. The van der Waals surface area contributed by atoms with Gasteiger partial charge in [0.2, 0.25) is 0 Å². The summed E-state index contributed by atoms with van der Waals surface area (Å²) in [5.74, 6) is -0.378. The molecule has 0 aliphatic carbocycles. The highest BCUT2D eigenvalue weighted by molar-refractivity contribution is 7.20. The topological polar surface area (TPSA) is 84.6 Å². The van der Waals surface area contributed by atoms with Crippen molar-refractivity contribution in [1.29, 1.82) is 0 Å². The molecular formula is C16H10ClN3O3S. The van der Waals surface area contributed by atoms with Gasteiger partial charge in [0.1, 0.15) is 0 Å². The lowest BCUT2D eigenvalue weighted by Gasteiger charge is -1.96. The Morgan fingerprint density at radius 2 is 2.08 bits per heavy atom. The minimum Gasteiger partial charge on any atom is -0.266 e. The zero-order valence-corrected chi connectivity index (χ0v) is 13.7. The largest absolute Gasteiger partial charge is 0.281 e. The number of rotatable bonds is 4. The molecule has 0 unspecified atom stereocenters. The lowest BCUT2D eigenvalue weighted by atomic mass is 10.2. The van der Waals surface area contributed by atoms with E-state index in [0.717, 1.165) is 10.3 Å². The van der Waals surface area contributed by atoms with Gasteiger partial charge in [-0.2, -0.15) is 5.10 Å². The number of fused-ring (bicyclic) bond motifs is 1. The number of nitro benzene ring substituents is 1. The van der Waals surface area contributed by atoms with Crippen molar-refractivity contribution in [3.05, 3.63) is 74.1 Å². The first kappa shape index (κ1) is 16.1. The number of nitrogens with zero attached hydrogens (tertiary/aromatic N) is 2. The predicted molar refractivity (Wildman–Crippen MR) is 95.0 cm³/mol. The van der Waals surface area contributed by atoms with E-state index in [1.54, 1.807) is 36.4 Å². The lowest BCUT2D eigenvalue weighted by Crippen LogP contribution is -2.16. The minimum atomic E-state index is -0.466. The maximum absolute atomic E-state index is 12.1. The summed E-state index contributed by atoms with van der Waals surface area (Å²) < 4.78 is 0.796. The zero-order chi connectivity index (χ0) is 17.1. The van der Waals surface area contributed by atoms with E-state index in [2.05, 4.69) is 10.5 Å². The van der Waals surface area contributed by atoms with Crippen LogP contribution in [0.5, 0.6) is 0 Å². The van der Waals surface area contributed by atoms with Gasteiger partial charge in [-0.05, 0) is 29.8 Å². The molecule has 8 heteroatoms. The molecule has 1 N–H and O–H groups in total. The normalized spacial score (nSPS) is 11.0. The Morgan fingerprint density at radius 3 is 2.83 bits per heavy atom. The van der Waals surface area contributed by atoms with Gasteiger partial charge >= 0.3 is 0 Å². The van der Waals surface area contributed by atoms with Gasteiger partial charge in [-0.1, -0.05) is 23.7 Å². The van der Waals surface area contributed by atoms with Crippen LogP contribution in [0.15, 0.2) is 53.6 Å². The second kappa shape index (κ2) is 6.77. The van der Waals surface area contributed by atoms with Gasteiger partial charge < -0.3 is 0 Å². The molecule has 0 aliphatic rings. The Balaban J connectivity index is 1.75. The monoisotopic (exact) mass is 359 g/mol. The van der Waals surface area contributed by atoms with Gasteiger partial charge in [-0.25, -0.2) is 5.43 Å². The van der Waals surface area contributed by atoms with Crippen LogP contribution in [0.4, 0.5) is 5.69 Å². The molecule has 1 heterocycles. The summed E-state index contributed by atoms with van der Waals surface area (Å²) in [6, 6.07) is 13.1. The molecule has 1 aromatic heterocycles. The van der Waals surface area contributed by atoms with Crippen molar-refractivity contribution < 1.29 is 9.72 Å². The number of amides is 1. The number of thiophene rings is 1. The number of nitrogens with one attached hydrogen (secondary N) is 1. The van der Waals surface area contributed by atoms with Crippen LogP contribution in [0.1, 0.15) is 15.2 Å². The van der Waals surface area contributed by atoms with Gasteiger partial charge in [-0.3, -0.25) is 14.9 Å². The number of halogens is 1. The molecular weight excluding hydrogens is 350 g/mol. The smallest absolute Gasteiger partial charge is 0.266 e. The number of carbonyl (C=O) groups is 1. The fraction of sp³-hybridized carbons (Fsp3) is 0. The van der Waals surface area contributed by atoms with Crippen LogP contribution < -0.4 is 5.43 Å². The molecule has 0 spiro atoms. The molecule has 0 radical (unpaired) electrons. The molecule has 2 aromatic carbocycles. The van der Waals surface area contributed by atoms with E-state index in [4.69, 9.17) is 11.6 Å². The Kier molecular flexibility index (Phi) is 4.54. The Bertz CT molecular complexity index is 968. The Labute approximate surface area is 145 Å². The van der Waals surface area contributed by atoms with Crippen LogP contribution in [0, 0.1) is 10.1 Å². The molecule has 3 rings (SSSR count). The van der Waals surface area contributed by atoms with E-state index in [-0.39, 0.29) is 11.6 Å². The molecule has 3 aromatic rings. The van der Waals surface area contributed by atoms with Gasteiger partial charge in [0.25, 0.3) is 11.6 Å². The Morgan fingerprint density at radius 1 is 1.25 bits per heavy atom. The summed E-state index contributed by atoms with van der Waals surface area (Å²) in [5.41, 5.74) is 3.18. The number of benzene rings is 2. The van der Waals surface area contributed by atoms with Crippen molar-refractivity contribution in [3.8, 4) is 0 Å². The van der Waals surface area contributed by atoms with E-state index in [9.17, 15) is 14.9 Å². The highest BCUT2D eigenvalue weighted by Crippen LogP contribution is 2.28. The zero-order valence-electron chi connectivity index (χ0n) is 12.1. The van der Waals surface area contributed by atoms with E-state index in [1.165, 1.54) is 29.7 Å². The van der Waals surface area contributed by atoms with Gasteiger partial charge in [0.05, 0.1) is 16.0 Å². The van der Waals surface area contributed by atoms with E-state index < -0.39 is 4.92 Å². The van der Waals surface area contributed by atoms with Crippen LogP contribution in [0.2, 0.25) is 5.02 Å². The first-order valence-electron chi connectivity index (χ1n) is 6.80. The van der Waals surface area contributed by atoms with Gasteiger partial charge in [-0.15, -0.1) is 11.3 Å². The third kappa shape index (κ3) is 3.58. The second-order valence-electron chi connectivity index (χ2n) is 4.84. The van der Waals surface area contributed by atoms with Crippen LogP contribution in [0.25, 0.3) is 10.1 Å². The average molecular weight is 360 g/mol. The molecule has 0 aliphatic heterocycles. The predicted octanol–water partition coefficient (Wildman–Crippen LogP) is 4.23. The molecule has 24 heavy (non-hydrogen) atoms. The SMILES string of the molecule is O=C(N/N=C\c1cccc(Cl)c1)c1cc2cc([N+](=O)[O-])ccc2s1. The van der Waals surface area contributed by atoms with Crippen molar-refractivity contribution >= 4 is 50.8 Å². The standard InChI is InChI=1S/C16H10ClN3O3S/c17-12-3-1-2-10(6-12)9-18-19-16(21)15-8-11-7-13(20(22)23)4-5-14(11)24-15/h1-9H,(H,19,21)/b18-9-. The third-order valence-corrected chi connectivity index (χ3v) is 4.51. The summed E-state index contributed by atoms with van der Waals surface area (Å²) in [5, 5.41) is 15.9. The van der Waals surface area contributed by atoms with Gasteiger partial charge in [0, 0.05) is 27.2 Å². The van der Waals surface area contributed by atoms with Gasteiger partial charge in [0.15, 0.2) is 0 Å². The molecule has 1 amide bonds. The quantitative estimate of drug-likeness (QED) is 0.430. The third-order valence-electron chi connectivity index (χ3n) is 3.16. The van der Waals surface area contributed by atoms with Crippen LogP contribution in [0.3, 0.4) is 0 Å². The maximum Gasteiger partial charge on any atom is 0.281 e. The number of hydrazone groups is 1. The number of carbonyl (C=O) groups excluding carboxylic acids is 1. The number of hydrogen-bond acceptors (Lipinski definition) is 5. The highest BCUT2D eigenvalue weighted by Gasteiger charge is 2.12. The van der Waals surface area contributed by atoms with Crippen LogP contribution in [-0.4, -0.2) is 17.0 Å².